The number of rotatable bonds is 6. The molecule has 1 aromatic heterocycles. The molecule has 6 heteroatoms. The molecule has 1 unspecified atom stereocenters. The standard InChI is InChI=1S/C15H20N2O2S2/c1-3-13(12-7-5-4-6-8-12)17-21(18,19)15-9-11(2)14(10-16)20-15/h4-9,13,17H,3,10,16H2,1-2H3. The zero-order chi connectivity index (χ0) is 15.5. The summed E-state index contributed by atoms with van der Waals surface area (Å²) in [5.41, 5.74) is 7.52. The summed E-state index contributed by atoms with van der Waals surface area (Å²) in [5, 5.41) is 0. The molecule has 1 atom stereocenters. The smallest absolute Gasteiger partial charge is 0.250 e. The van der Waals surface area contributed by atoms with E-state index >= 15 is 0 Å². The average Bonchev–Trinajstić information content (AvgIpc) is 2.87. The van der Waals surface area contributed by atoms with E-state index in [0.717, 1.165) is 16.0 Å². The Hall–Kier alpha value is -1.21. The van der Waals surface area contributed by atoms with Crippen LogP contribution in [0.2, 0.25) is 0 Å². The second-order valence-corrected chi connectivity index (χ2v) is 7.95. The summed E-state index contributed by atoms with van der Waals surface area (Å²) in [6, 6.07) is 11.1. The Balaban J connectivity index is 2.27. The van der Waals surface area contributed by atoms with Gasteiger partial charge in [-0.15, -0.1) is 11.3 Å². The third-order valence-corrected chi connectivity index (χ3v) is 6.56. The van der Waals surface area contributed by atoms with Gasteiger partial charge < -0.3 is 5.73 Å². The fourth-order valence-electron chi connectivity index (χ4n) is 2.14. The molecule has 0 aliphatic heterocycles. The van der Waals surface area contributed by atoms with Crippen molar-refractivity contribution >= 4 is 21.4 Å². The highest BCUT2D eigenvalue weighted by atomic mass is 32.2. The molecule has 1 heterocycles. The fraction of sp³-hybridized carbons (Fsp3) is 0.333. The van der Waals surface area contributed by atoms with Crippen molar-refractivity contribution in [1.82, 2.24) is 4.72 Å². The van der Waals surface area contributed by atoms with Gasteiger partial charge in [0.25, 0.3) is 10.0 Å². The van der Waals surface area contributed by atoms with Crippen LogP contribution in [-0.2, 0) is 16.6 Å². The molecule has 0 fully saturated rings. The molecule has 3 N–H and O–H groups in total. The zero-order valence-electron chi connectivity index (χ0n) is 12.2. The van der Waals surface area contributed by atoms with Gasteiger partial charge >= 0.3 is 0 Å². The molecule has 2 rings (SSSR count). The van der Waals surface area contributed by atoms with Crippen molar-refractivity contribution in [3.63, 3.8) is 0 Å². The van der Waals surface area contributed by atoms with E-state index in [1.165, 1.54) is 11.3 Å². The Kier molecular flexibility index (Phi) is 5.16. The first-order valence-corrected chi connectivity index (χ1v) is 9.14. The van der Waals surface area contributed by atoms with Crippen LogP contribution in [0.4, 0.5) is 0 Å². The summed E-state index contributed by atoms with van der Waals surface area (Å²) >= 11 is 1.24. The zero-order valence-corrected chi connectivity index (χ0v) is 13.8. The van der Waals surface area contributed by atoms with Crippen LogP contribution in [0, 0.1) is 6.92 Å². The van der Waals surface area contributed by atoms with E-state index in [9.17, 15) is 8.42 Å². The molecular formula is C15H20N2O2S2. The van der Waals surface area contributed by atoms with Gasteiger partial charge in [0.2, 0.25) is 0 Å². The average molecular weight is 324 g/mol. The van der Waals surface area contributed by atoms with Crippen LogP contribution in [0.5, 0.6) is 0 Å². The number of benzene rings is 1. The Bertz CT molecular complexity index is 694. The lowest BCUT2D eigenvalue weighted by atomic mass is 10.1. The number of hydrogen-bond acceptors (Lipinski definition) is 4. The second-order valence-electron chi connectivity index (χ2n) is 4.87. The molecule has 0 saturated carbocycles. The highest BCUT2D eigenvalue weighted by molar-refractivity contribution is 7.91. The van der Waals surface area contributed by atoms with Gasteiger partial charge in [-0.2, -0.15) is 0 Å². The highest BCUT2D eigenvalue weighted by Gasteiger charge is 2.22. The Morgan fingerprint density at radius 2 is 1.95 bits per heavy atom. The summed E-state index contributed by atoms with van der Waals surface area (Å²) in [4.78, 5) is 0.906. The van der Waals surface area contributed by atoms with Gasteiger partial charge in [-0.3, -0.25) is 0 Å². The molecule has 0 bridgehead atoms. The number of nitrogens with two attached hydrogens (primary N) is 1. The van der Waals surface area contributed by atoms with E-state index in [4.69, 9.17) is 5.73 Å². The maximum absolute atomic E-state index is 12.5. The summed E-state index contributed by atoms with van der Waals surface area (Å²) < 4.78 is 28.1. The molecule has 21 heavy (non-hydrogen) atoms. The molecule has 2 aromatic rings. The van der Waals surface area contributed by atoms with Gasteiger partial charge in [-0.1, -0.05) is 37.3 Å². The lowest BCUT2D eigenvalue weighted by Gasteiger charge is -2.16. The Morgan fingerprint density at radius 1 is 1.29 bits per heavy atom. The van der Waals surface area contributed by atoms with Gasteiger partial charge in [-0.25, -0.2) is 13.1 Å². The van der Waals surface area contributed by atoms with E-state index in [0.29, 0.717) is 17.2 Å². The lowest BCUT2D eigenvalue weighted by Crippen LogP contribution is -2.27. The van der Waals surface area contributed by atoms with Crippen LogP contribution in [0.1, 0.15) is 35.4 Å². The number of nitrogens with one attached hydrogen (secondary N) is 1. The predicted molar refractivity (Wildman–Crippen MR) is 86.7 cm³/mol. The monoisotopic (exact) mass is 324 g/mol. The minimum atomic E-state index is -3.52. The normalized spacial score (nSPS) is 13.3. The van der Waals surface area contributed by atoms with Crippen molar-refractivity contribution in [2.75, 3.05) is 0 Å². The molecule has 0 aliphatic carbocycles. The van der Waals surface area contributed by atoms with E-state index in [2.05, 4.69) is 4.72 Å². The molecule has 0 spiro atoms. The summed E-state index contributed by atoms with van der Waals surface area (Å²) in [6.45, 7) is 4.21. The number of hydrogen-bond donors (Lipinski definition) is 2. The number of thiophene rings is 1. The number of sulfonamides is 1. The van der Waals surface area contributed by atoms with Crippen molar-refractivity contribution in [2.24, 2.45) is 5.73 Å². The van der Waals surface area contributed by atoms with E-state index < -0.39 is 10.0 Å². The van der Waals surface area contributed by atoms with Crippen LogP contribution in [0.25, 0.3) is 0 Å². The van der Waals surface area contributed by atoms with Crippen molar-refractivity contribution in [3.8, 4) is 0 Å². The minimum absolute atomic E-state index is 0.222. The molecule has 0 aliphatic rings. The number of aryl methyl sites for hydroxylation is 1. The molecule has 114 valence electrons. The molecular weight excluding hydrogens is 304 g/mol. The third-order valence-electron chi connectivity index (χ3n) is 3.36. The molecule has 0 amide bonds. The first-order valence-electron chi connectivity index (χ1n) is 6.84. The van der Waals surface area contributed by atoms with Crippen molar-refractivity contribution in [2.45, 2.75) is 37.1 Å². The van der Waals surface area contributed by atoms with Gasteiger partial charge in [0, 0.05) is 17.5 Å². The largest absolute Gasteiger partial charge is 0.326 e. The van der Waals surface area contributed by atoms with E-state index in [1.807, 2.05) is 44.2 Å². The van der Waals surface area contributed by atoms with Crippen LogP contribution >= 0.6 is 11.3 Å². The van der Waals surface area contributed by atoms with Crippen molar-refractivity contribution < 1.29 is 8.42 Å². The van der Waals surface area contributed by atoms with Crippen LogP contribution in [-0.4, -0.2) is 8.42 Å². The molecule has 0 saturated heterocycles. The lowest BCUT2D eigenvalue weighted by molar-refractivity contribution is 0.552. The maximum Gasteiger partial charge on any atom is 0.250 e. The quantitative estimate of drug-likeness (QED) is 0.858. The fourth-order valence-corrected chi connectivity index (χ4v) is 4.93. The van der Waals surface area contributed by atoms with Crippen molar-refractivity contribution in [3.05, 3.63) is 52.4 Å². The molecule has 4 nitrogen and oxygen atoms in total. The Morgan fingerprint density at radius 3 is 2.48 bits per heavy atom. The van der Waals surface area contributed by atoms with Gasteiger partial charge in [-0.05, 0) is 30.5 Å². The summed E-state index contributed by atoms with van der Waals surface area (Å²) in [5.74, 6) is 0. The summed E-state index contributed by atoms with van der Waals surface area (Å²) in [6.07, 6.45) is 0.692. The predicted octanol–water partition coefficient (Wildman–Crippen LogP) is 2.94. The first-order chi connectivity index (χ1) is 9.97. The molecule has 0 radical (unpaired) electrons. The van der Waals surface area contributed by atoms with Gasteiger partial charge in [0.15, 0.2) is 0 Å². The highest BCUT2D eigenvalue weighted by Crippen LogP contribution is 2.27. The third kappa shape index (κ3) is 3.71. The van der Waals surface area contributed by atoms with Gasteiger partial charge in [0.05, 0.1) is 0 Å². The van der Waals surface area contributed by atoms with Crippen LogP contribution in [0.15, 0.2) is 40.6 Å². The summed E-state index contributed by atoms with van der Waals surface area (Å²) in [7, 11) is -3.52. The van der Waals surface area contributed by atoms with Crippen molar-refractivity contribution in [1.29, 1.82) is 0 Å². The SMILES string of the molecule is CCC(NS(=O)(=O)c1cc(C)c(CN)s1)c1ccccc1. The second kappa shape index (κ2) is 6.70. The maximum atomic E-state index is 12.5. The van der Waals surface area contributed by atoms with Crippen LogP contribution < -0.4 is 10.5 Å². The molecule has 1 aromatic carbocycles. The first kappa shape index (κ1) is 16.2. The van der Waals surface area contributed by atoms with Gasteiger partial charge in [0.1, 0.15) is 4.21 Å². The van der Waals surface area contributed by atoms with Crippen LogP contribution in [0.3, 0.4) is 0 Å². The van der Waals surface area contributed by atoms with E-state index in [1.54, 1.807) is 6.07 Å². The minimum Gasteiger partial charge on any atom is -0.326 e. The Labute approximate surface area is 130 Å². The topological polar surface area (TPSA) is 72.2 Å². The van der Waals surface area contributed by atoms with E-state index in [-0.39, 0.29) is 6.04 Å².